The summed E-state index contributed by atoms with van der Waals surface area (Å²) in [4.78, 5) is 0. The molecule has 0 aliphatic heterocycles. The van der Waals surface area contributed by atoms with Crippen LogP contribution in [0.5, 0.6) is 0 Å². The molecule has 0 fully saturated rings. The largest absolute Gasteiger partial charge is 0.435 e. The van der Waals surface area contributed by atoms with Crippen LogP contribution in [0.15, 0.2) is 0 Å². The zero-order valence-electron chi connectivity index (χ0n) is 10.1. The van der Waals surface area contributed by atoms with E-state index in [0.717, 1.165) is 11.3 Å². The molecule has 10 heteroatoms. The Kier molecular flexibility index (Phi) is 3.54. The van der Waals surface area contributed by atoms with Gasteiger partial charge in [0.2, 0.25) is 5.13 Å². The van der Waals surface area contributed by atoms with Gasteiger partial charge in [0, 0.05) is 12.5 Å². The minimum absolute atomic E-state index is 0.0308. The molecule has 2 heterocycles. The van der Waals surface area contributed by atoms with Crippen molar-refractivity contribution < 1.29 is 13.2 Å². The lowest BCUT2D eigenvalue weighted by atomic mass is 10.2. The maximum Gasteiger partial charge on any atom is 0.435 e. The van der Waals surface area contributed by atoms with E-state index in [1.165, 1.54) is 0 Å². The first-order valence-electron chi connectivity index (χ1n) is 5.40. The summed E-state index contributed by atoms with van der Waals surface area (Å²) < 4.78 is 39.6. The molecule has 104 valence electrons. The Labute approximate surface area is 110 Å². The van der Waals surface area contributed by atoms with Gasteiger partial charge >= 0.3 is 6.18 Å². The van der Waals surface area contributed by atoms with Gasteiger partial charge in [0.1, 0.15) is 10.7 Å². The molecule has 6 nitrogen and oxygen atoms in total. The summed E-state index contributed by atoms with van der Waals surface area (Å²) in [6.45, 7) is 3.41. The molecule has 19 heavy (non-hydrogen) atoms. The van der Waals surface area contributed by atoms with Gasteiger partial charge < -0.3 is 5.73 Å². The van der Waals surface area contributed by atoms with Crippen molar-refractivity contribution in [2.24, 2.45) is 5.73 Å². The number of hydrogen-bond donors (Lipinski definition) is 1. The van der Waals surface area contributed by atoms with E-state index in [9.17, 15) is 13.2 Å². The fraction of sp³-hybridized carbons (Fsp3) is 0.556. The zero-order valence-corrected chi connectivity index (χ0v) is 11.0. The lowest BCUT2D eigenvalue weighted by Crippen LogP contribution is -2.16. The van der Waals surface area contributed by atoms with E-state index >= 15 is 0 Å². The van der Waals surface area contributed by atoms with Crippen LogP contribution in [-0.2, 0) is 12.7 Å². The number of aromatic nitrogens is 5. The average Bonchev–Trinajstić information content (AvgIpc) is 2.94. The second-order valence-corrected chi connectivity index (χ2v) is 5.06. The second-order valence-electron chi connectivity index (χ2n) is 4.08. The molecule has 2 N–H and O–H groups in total. The highest BCUT2D eigenvalue weighted by Crippen LogP contribution is 2.33. The number of nitrogens with two attached hydrogens (primary N) is 1. The van der Waals surface area contributed by atoms with Gasteiger partial charge in [0.15, 0.2) is 5.69 Å². The fourth-order valence-electron chi connectivity index (χ4n) is 1.41. The van der Waals surface area contributed by atoms with Crippen LogP contribution in [0.25, 0.3) is 5.13 Å². The van der Waals surface area contributed by atoms with Crippen LogP contribution in [-0.4, -0.2) is 25.2 Å². The Morgan fingerprint density at radius 3 is 2.42 bits per heavy atom. The van der Waals surface area contributed by atoms with Crippen LogP contribution >= 0.6 is 11.3 Å². The third kappa shape index (κ3) is 2.59. The molecule has 0 radical (unpaired) electrons. The molecular formula is C9H11F3N6S. The molecule has 2 aromatic heterocycles. The standard InChI is InChI=1S/C9H11F3N6S/c1-4(2)7-15-16-8(19-7)18-6(9(10,11)12)5(3-13)14-17-18/h4H,3,13H2,1-2H3. The lowest BCUT2D eigenvalue weighted by molar-refractivity contribution is -0.143. The van der Waals surface area contributed by atoms with E-state index in [-0.39, 0.29) is 23.3 Å². The Balaban J connectivity index is 2.53. The summed E-state index contributed by atoms with van der Waals surface area (Å²) >= 11 is 1.05. The van der Waals surface area contributed by atoms with Gasteiger partial charge in [0.25, 0.3) is 0 Å². The molecule has 2 rings (SSSR count). The number of rotatable bonds is 3. The zero-order chi connectivity index (χ0) is 14.2. The summed E-state index contributed by atoms with van der Waals surface area (Å²) in [5.41, 5.74) is 3.93. The fourth-order valence-corrected chi connectivity index (χ4v) is 2.21. The molecule has 0 saturated carbocycles. The number of hydrogen-bond acceptors (Lipinski definition) is 6. The van der Waals surface area contributed by atoms with Gasteiger partial charge in [0.05, 0.1) is 0 Å². The monoisotopic (exact) mass is 292 g/mol. The maximum atomic E-state index is 13.0. The smallest absolute Gasteiger partial charge is 0.325 e. The highest BCUT2D eigenvalue weighted by Gasteiger charge is 2.40. The van der Waals surface area contributed by atoms with Crippen LogP contribution in [0.1, 0.15) is 36.2 Å². The van der Waals surface area contributed by atoms with Crippen molar-refractivity contribution in [2.45, 2.75) is 32.5 Å². The SMILES string of the molecule is CC(C)c1nnc(-n2nnc(CN)c2C(F)(F)F)s1. The summed E-state index contributed by atoms with van der Waals surface area (Å²) in [6, 6.07) is 0. The third-order valence-corrected chi connectivity index (χ3v) is 3.51. The van der Waals surface area contributed by atoms with Crippen molar-refractivity contribution in [3.63, 3.8) is 0 Å². The molecule has 0 amide bonds. The van der Waals surface area contributed by atoms with Crippen molar-refractivity contribution in [3.8, 4) is 5.13 Å². The van der Waals surface area contributed by atoms with Crippen molar-refractivity contribution in [3.05, 3.63) is 16.4 Å². The molecule has 0 aliphatic rings. The van der Waals surface area contributed by atoms with E-state index in [4.69, 9.17) is 5.73 Å². The Morgan fingerprint density at radius 2 is 1.95 bits per heavy atom. The molecule has 0 bridgehead atoms. The molecule has 2 aromatic rings. The third-order valence-electron chi connectivity index (χ3n) is 2.31. The first-order valence-corrected chi connectivity index (χ1v) is 6.21. The molecule has 0 saturated heterocycles. The predicted octanol–water partition coefficient (Wildman–Crippen LogP) is 1.72. The van der Waals surface area contributed by atoms with E-state index in [1.807, 2.05) is 13.8 Å². The molecule has 0 atom stereocenters. The van der Waals surface area contributed by atoms with Crippen LogP contribution in [0, 0.1) is 0 Å². The molecule has 0 aromatic carbocycles. The van der Waals surface area contributed by atoms with Crippen LogP contribution in [0.3, 0.4) is 0 Å². The first kappa shape index (κ1) is 13.9. The van der Waals surface area contributed by atoms with Gasteiger partial charge in [-0.25, -0.2) is 0 Å². The number of alkyl halides is 3. The summed E-state index contributed by atoms with van der Waals surface area (Å²) in [7, 11) is 0. The summed E-state index contributed by atoms with van der Waals surface area (Å²) in [6.07, 6.45) is -4.60. The van der Waals surface area contributed by atoms with Crippen LogP contribution in [0.2, 0.25) is 0 Å². The van der Waals surface area contributed by atoms with Crippen LogP contribution < -0.4 is 5.73 Å². The first-order chi connectivity index (χ1) is 8.84. The highest BCUT2D eigenvalue weighted by atomic mass is 32.1. The molecular weight excluding hydrogens is 281 g/mol. The van der Waals surface area contributed by atoms with E-state index < -0.39 is 11.9 Å². The maximum absolute atomic E-state index is 13.0. The highest BCUT2D eigenvalue weighted by molar-refractivity contribution is 7.13. The van der Waals surface area contributed by atoms with Crippen molar-refractivity contribution in [1.82, 2.24) is 25.2 Å². The quantitative estimate of drug-likeness (QED) is 0.931. The Hall–Kier alpha value is -1.55. The van der Waals surface area contributed by atoms with Gasteiger partial charge in [-0.1, -0.05) is 30.4 Å². The topological polar surface area (TPSA) is 82.5 Å². The Bertz CT molecular complexity index is 573. The molecule has 0 unspecified atom stereocenters. The second kappa shape index (κ2) is 4.85. The number of nitrogens with zero attached hydrogens (tertiary/aromatic N) is 5. The normalized spacial score (nSPS) is 12.4. The van der Waals surface area contributed by atoms with Gasteiger partial charge in [-0.2, -0.15) is 17.9 Å². The van der Waals surface area contributed by atoms with Gasteiger partial charge in [-0.3, -0.25) is 0 Å². The van der Waals surface area contributed by atoms with Crippen LogP contribution in [0.4, 0.5) is 13.2 Å². The number of halogens is 3. The Morgan fingerprint density at radius 1 is 1.26 bits per heavy atom. The minimum atomic E-state index is -4.60. The summed E-state index contributed by atoms with van der Waals surface area (Å²) in [5.74, 6) is 0.0816. The minimum Gasteiger partial charge on any atom is -0.325 e. The van der Waals surface area contributed by atoms with E-state index in [0.29, 0.717) is 9.69 Å². The predicted molar refractivity (Wildman–Crippen MR) is 61.8 cm³/mol. The van der Waals surface area contributed by atoms with Gasteiger partial charge in [-0.05, 0) is 0 Å². The van der Waals surface area contributed by atoms with Crippen molar-refractivity contribution in [1.29, 1.82) is 0 Å². The molecule has 0 aliphatic carbocycles. The molecule has 0 spiro atoms. The van der Waals surface area contributed by atoms with Crippen molar-refractivity contribution in [2.75, 3.05) is 0 Å². The van der Waals surface area contributed by atoms with Gasteiger partial charge in [-0.15, -0.1) is 15.3 Å². The lowest BCUT2D eigenvalue weighted by Gasteiger charge is -2.07. The average molecular weight is 292 g/mol. The van der Waals surface area contributed by atoms with E-state index in [2.05, 4.69) is 20.5 Å². The summed E-state index contributed by atoms with van der Waals surface area (Å²) in [5, 5.41) is 15.1. The van der Waals surface area contributed by atoms with E-state index in [1.54, 1.807) is 0 Å². The van der Waals surface area contributed by atoms with Crippen molar-refractivity contribution >= 4 is 11.3 Å².